The molecule has 0 radical (unpaired) electrons. The van der Waals surface area contributed by atoms with E-state index in [-0.39, 0.29) is 30.3 Å². The molecule has 0 heterocycles. The summed E-state index contributed by atoms with van der Waals surface area (Å²) < 4.78 is 5.53. The lowest BCUT2D eigenvalue weighted by molar-refractivity contribution is -0.145. The molecule has 0 saturated heterocycles. The van der Waals surface area contributed by atoms with Gasteiger partial charge < -0.3 is 20.5 Å². The molecular formula is C26H30N2O5. The van der Waals surface area contributed by atoms with Crippen LogP contribution < -0.4 is 10.6 Å². The van der Waals surface area contributed by atoms with E-state index in [1.807, 2.05) is 24.3 Å². The van der Waals surface area contributed by atoms with Crippen molar-refractivity contribution in [2.45, 2.75) is 39.2 Å². The van der Waals surface area contributed by atoms with Crippen LogP contribution in [0.5, 0.6) is 0 Å². The van der Waals surface area contributed by atoms with Crippen molar-refractivity contribution in [3.63, 3.8) is 0 Å². The van der Waals surface area contributed by atoms with Crippen LogP contribution in [0.3, 0.4) is 0 Å². The molecule has 0 bridgehead atoms. The number of aliphatic carboxylic acids is 1. The molecule has 3 N–H and O–H groups in total. The third-order valence-corrected chi connectivity index (χ3v) is 6.51. The highest BCUT2D eigenvalue weighted by atomic mass is 16.5. The van der Waals surface area contributed by atoms with E-state index < -0.39 is 23.5 Å². The number of carbonyl (C=O) groups excluding carboxylic acids is 2. The second kappa shape index (κ2) is 8.89. The van der Waals surface area contributed by atoms with Crippen LogP contribution in [-0.2, 0) is 14.3 Å². The van der Waals surface area contributed by atoms with Crippen molar-refractivity contribution in [1.29, 1.82) is 0 Å². The lowest BCUT2D eigenvalue weighted by Gasteiger charge is -2.27. The molecule has 1 fully saturated rings. The van der Waals surface area contributed by atoms with Crippen LogP contribution in [0.2, 0.25) is 0 Å². The largest absolute Gasteiger partial charge is 0.480 e. The first-order valence-electron chi connectivity index (χ1n) is 11.3. The van der Waals surface area contributed by atoms with E-state index in [2.05, 4.69) is 34.9 Å². The number of hydrogen-bond acceptors (Lipinski definition) is 4. The van der Waals surface area contributed by atoms with Crippen LogP contribution in [0.1, 0.15) is 44.2 Å². The Labute approximate surface area is 193 Å². The van der Waals surface area contributed by atoms with Gasteiger partial charge in [-0.3, -0.25) is 4.79 Å². The minimum absolute atomic E-state index is 0.00653. The van der Waals surface area contributed by atoms with E-state index in [0.29, 0.717) is 13.0 Å². The van der Waals surface area contributed by atoms with Crippen LogP contribution in [0.25, 0.3) is 11.1 Å². The van der Waals surface area contributed by atoms with Crippen molar-refractivity contribution < 1.29 is 24.2 Å². The molecule has 174 valence electrons. The fourth-order valence-corrected chi connectivity index (χ4v) is 4.56. The molecule has 3 atom stereocenters. The molecule has 2 aromatic carbocycles. The Bertz CT molecular complexity index is 1030. The number of nitrogens with one attached hydrogen (secondary N) is 2. The number of carboxylic acids is 1. The highest BCUT2D eigenvalue weighted by Gasteiger charge is 2.45. The molecule has 4 rings (SSSR count). The van der Waals surface area contributed by atoms with Gasteiger partial charge in [-0.15, -0.1) is 0 Å². The lowest BCUT2D eigenvalue weighted by atomic mass is 9.86. The van der Waals surface area contributed by atoms with Crippen LogP contribution in [-0.4, -0.2) is 42.3 Å². The topological polar surface area (TPSA) is 105 Å². The van der Waals surface area contributed by atoms with E-state index >= 15 is 0 Å². The van der Waals surface area contributed by atoms with Crippen LogP contribution in [0.15, 0.2) is 48.5 Å². The number of amides is 2. The van der Waals surface area contributed by atoms with Crippen LogP contribution in [0, 0.1) is 17.3 Å². The Kier molecular flexibility index (Phi) is 6.15. The number of ether oxygens (including phenoxy) is 1. The zero-order valence-electron chi connectivity index (χ0n) is 19.1. The van der Waals surface area contributed by atoms with Crippen molar-refractivity contribution >= 4 is 18.0 Å². The predicted molar refractivity (Wildman–Crippen MR) is 124 cm³/mol. The Morgan fingerprint density at radius 1 is 1.03 bits per heavy atom. The van der Waals surface area contributed by atoms with Gasteiger partial charge in [-0.1, -0.05) is 69.3 Å². The number of rotatable bonds is 7. The van der Waals surface area contributed by atoms with Gasteiger partial charge in [0.05, 0.1) is 0 Å². The summed E-state index contributed by atoms with van der Waals surface area (Å²) in [4.78, 5) is 36.2. The molecule has 2 aliphatic rings. The molecule has 0 spiro atoms. The summed E-state index contributed by atoms with van der Waals surface area (Å²) in [7, 11) is 0. The van der Waals surface area contributed by atoms with Crippen LogP contribution in [0.4, 0.5) is 4.79 Å². The molecule has 2 aromatic rings. The average molecular weight is 451 g/mol. The van der Waals surface area contributed by atoms with Gasteiger partial charge in [-0.25, -0.2) is 9.59 Å². The highest BCUT2D eigenvalue weighted by molar-refractivity contribution is 5.87. The third kappa shape index (κ3) is 4.87. The van der Waals surface area contributed by atoms with Crippen LogP contribution >= 0.6 is 0 Å². The quantitative estimate of drug-likeness (QED) is 0.596. The first kappa shape index (κ1) is 22.8. The normalized spacial score (nSPS) is 19.7. The Morgan fingerprint density at radius 3 is 2.15 bits per heavy atom. The van der Waals surface area contributed by atoms with E-state index in [9.17, 15) is 19.5 Å². The maximum absolute atomic E-state index is 12.4. The van der Waals surface area contributed by atoms with E-state index in [1.54, 1.807) is 20.8 Å². The maximum Gasteiger partial charge on any atom is 0.407 e. The molecule has 1 saturated carbocycles. The summed E-state index contributed by atoms with van der Waals surface area (Å²) in [5, 5.41) is 14.8. The molecule has 0 aromatic heterocycles. The number of carbonyl (C=O) groups is 3. The minimum Gasteiger partial charge on any atom is -0.480 e. The van der Waals surface area contributed by atoms with Gasteiger partial charge in [0.2, 0.25) is 5.91 Å². The molecule has 7 heteroatoms. The maximum atomic E-state index is 12.4. The predicted octanol–water partition coefficient (Wildman–Crippen LogP) is 3.78. The monoisotopic (exact) mass is 450 g/mol. The summed E-state index contributed by atoms with van der Waals surface area (Å²) >= 11 is 0. The molecule has 7 nitrogen and oxygen atoms in total. The lowest BCUT2D eigenvalue weighted by Crippen LogP contribution is -2.49. The van der Waals surface area contributed by atoms with Gasteiger partial charge in [0.25, 0.3) is 0 Å². The van der Waals surface area contributed by atoms with Crippen molar-refractivity contribution in [2.75, 3.05) is 13.2 Å². The number of alkyl carbamates (subject to hydrolysis) is 1. The standard InChI is InChI=1S/C26H30N2O5/c1-26(2,3)22(24(30)31)28-23(29)20-12-15(20)13-27-25(32)33-14-21-18-10-6-4-8-16(18)17-9-5-7-11-19(17)21/h4-11,15,20-22H,12-14H2,1-3H3,(H,27,32)(H,28,29)(H,30,31)/t15-,20-,22-/m1/s1. The third-order valence-electron chi connectivity index (χ3n) is 6.51. The number of benzene rings is 2. The van der Waals surface area contributed by atoms with Gasteiger partial charge in [0.1, 0.15) is 12.6 Å². The fraction of sp³-hybridized carbons (Fsp3) is 0.423. The summed E-state index contributed by atoms with van der Waals surface area (Å²) in [6, 6.07) is 15.3. The SMILES string of the molecule is CC(C)(C)[C@H](NC(=O)[C@@H]1C[C@@H]1CNC(=O)OCC1c2ccccc2-c2ccccc21)C(=O)O. The van der Waals surface area contributed by atoms with Crippen molar-refractivity contribution in [3.05, 3.63) is 59.7 Å². The van der Waals surface area contributed by atoms with Crippen molar-refractivity contribution in [2.24, 2.45) is 17.3 Å². The van der Waals surface area contributed by atoms with Gasteiger partial charge in [0, 0.05) is 18.4 Å². The Balaban J connectivity index is 1.26. The fourth-order valence-electron chi connectivity index (χ4n) is 4.56. The zero-order valence-corrected chi connectivity index (χ0v) is 19.1. The minimum atomic E-state index is -1.05. The molecule has 33 heavy (non-hydrogen) atoms. The van der Waals surface area contributed by atoms with E-state index in [4.69, 9.17) is 4.74 Å². The van der Waals surface area contributed by atoms with Gasteiger partial charge >= 0.3 is 12.1 Å². The number of hydrogen-bond donors (Lipinski definition) is 3. The smallest absolute Gasteiger partial charge is 0.407 e. The van der Waals surface area contributed by atoms with E-state index in [0.717, 1.165) is 11.1 Å². The second-order valence-corrected chi connectivity index (χ2v) is 9.95. The van der Waals surface area contributed by atoms with Gasteiger partial charge in [-0.2, -0.15) is 0 Å². The summed E-state index contributed by atoms with van der Waals surface area (Å²) in [5.41, 5.74) is 4.05. The summed E-state index contributed by atoms with van der Waals surface area (Å²) in [6.45, 7) is 5.88. The first-order valence-corrected chi connectivity index (χ1v) is 11.3. The number of carboxylic acid groups (broad SMARTS) is 1. The molecule has 0 aliphatic heterocycles. The summed E-state index contributed by atoms with van der Waals surface area (Å²) in [6.07, 6.45) is 0.104. The molecule has 2 amide bonds. The molecule has 2 aliphatic carbocycles. The Morgan fingerprint density at radius 2 is 1.61 bits per heavy atom. The summed E-state index contributed by atoms with van der Waals surface area (Å²) in [5.74, 6) is -1.64. The second-order valence-electron chi connectivity index (χ2n) is 9.95. The molecule has 0 unspecified atom stereocenters. The van der Waals surface area contributed by atoms with E-state index in [1.165, 1.54) is 11.1 Å². The number of fused-ring (bicyclic) bond motifs is 3. The highest BCUT2D eigenvalue weighted by Crippen LogP contribution is 2.44. The molecular weight excluding hydrogens is 420 g/mol. The first-order chi connectivity index (χ1) is 15.7. The van der Waals surface area contributed by atoms with Gasteiger partial charge in [-0.05, 0) is 40.0 Å². The van der Waals surface area contributed by atoms with Gasteiger partial charge in [0.15, 0.2) is 0 Å². The average Bonchev–Trinajstić information content (AvgIpc) is 3.48. The van der Waals surface area contributed by atoms with Crippen molar-refractivity contribution in [3.8, 4) is 11.1 Å². The Hall–Kier alpha value is -3.35. The zero-order chi connectivity index (χ0) is 23.8. The van der Waals surface area contributed by atoms with Crippen molar-refractivity contribution in [1.82, 2.24) is 10.6 Å².